The van der Waals surface area contributed by atoms with Crippen LogP contribution < -0.4 is 29.8 Å². The molecule has 2 amide bonds. The summed E-state index contributed by atoms with van der Waals surface area (Å²) in [6.45, 7) is 0.649. The molecule has 0 atom stereocenters. The van der Waals surface area contributed by atoms with Crippen LogP contribution in [0.4, 0.5) is 4.79 Å². The molecule has 2 aliphatic rings. The highest BCUT2D eigenvalue weighted by Gasteiger charge is 2.23. The fourth-order valence-corrected chi connectivity index (χ4v) is 4.87. The Hall–Kier alpha value is -3.88. The number of nitrogens with one attached hydrogen (secondary N) is 2. The van der Waals surface area contributed by atoms with Crippen LogP contribution in [0, 0.1) is 0 Å². The van der Waals surface area contributed by atoms with Crippen molar-refractivity contribution in [2.75, 3.05) is 21.0 Å². The Morgan fingerprint density at radius 1 is 1.00 bits per heavy atom. The van der Waals surface area contributed by atoms with Crippen LogP contribution in [0.25, 0.3) is 10.9 Å². The zero-order chi connectivity index (χ0) is 25.1. The second kappa shape index (κ2) is 10.4. The number of rotatable bonds is 7. The van der Waals surface area contributed by atoms with Crippen molar-refractivity contribution in [3.63, 3.8) is 0 Å². The molecule has 1 saturated carbocycles. The Balaban J connectivity index is 1.44. The first-order chi connectivity index (χ1) is 17.5. The summed E-state index contributed by atoms with van der Waals surface area (Å²) in [4.78, 5) is 31.0. The summed E-state index contributed by atoms with van der Waals surface area (Å²) >= 11 is 0. The molecule has 0 unspecified atom stereocenters. The molecule has 0 saturated heterocycles. The number of hydrogen-bond acceptors (Lipinski definition) is 6. The Morgan fingerprint density at radius 3 is 2.53 bits per heavy atom. The molecule has 0 bridgehead atoms. The van der Waals surface area contributed by atoms with E-state index in [4.69, 9.17) is 18.9 Å². The molecule has 2 heterocycles. The number of fused-ring (bicyclic) bond motifs is 2. The summed E-state index contributed by atoms with van der Waals surface area (Å²) in [5.41, 5.74) is 1.75. The van der Waals surface area contributed by atoms with Gasteiger partial charge in [-0.05, 0) is 42.7 Å². The van der Waals surface area contributed by atoms with E-state index in [2.05, 4.69) is 10.3 Å². The zero-order valence-electron chi connectivity index (χ0n) is 20.6. The number of hydrogen-bond donors (Lipinski definition) is 2. The van der Waals surface area contributed by atoms with Gasteiger partial charge in [-0.15, -0.1) is 0 Å². The van der Waals surface area contributed by atoms with Gasteiger partial charge in [0, 0.05) is 29.6 Å². The molecular weight excluding hydrogens is 462 g/mol. The van der Waals surface area contributed by atoms with Gasteiger partial charge in [0.2, 0.25) is 6.79 Å². The number of carbonyl (C=O) groups is 1. The smallest absolute Gasteiger partial charge is 0.318 e. The Kier molecular flexibility index (Phi) is 6.88. The molecule has 1 fully saturated rings. The van der Waals surface area contributed by atoms with E-state index in [1.54, 1.807) is 31.3 Å². The van der Waals surface area contributed by atoms with Crippen LogP contribution in [-0.4, -0.2) is 43.0 Å². The number of aromatic amines is 1. The largest absolute Gasteiger partial charge is 0.493 e. The Bertz CT molecular complexity index is 1310. The van der Waals surface area contributed by atoms with E-state index in [1.165, 1.54) is 6.42 Å². The number of methoxy groups -OCH3 is 2. The SMILES string of the molecule is COc1cc2cc(CN(Cc3ccc4c(c3)OCO4)C(=O)NC3CCCCC3)c(=O)[nH]c2cc1OC. The first-order valence-corrected chi connectivity index (χ1v) is 12.3. The lowest BCUT2D eigenvalue weighted by Crippen LogP contribution is -2.45. The third-order valence-electron chi connectivity index (χ3n) is 6.82. The van der Waals surface area contributed by atoms with Crippen LogP contribution in [0.5, 0.6) is 23.0 Å². The minimum Gasteiger partial charge on any atom is -0.493 e. The van der Waals surface area contributed by atoms with Gasteiger partial charge >= 0.3 is 6.03 Å². The van der Waals surface area contributed by atoms with Crippen LogP contribution in [0.15, 0.2) is 41.2 Å². The average molecular weight is 494 g/mol. The highest BCUT2D eigenvalue weighted by molar-refractivity contribution is 5.83. The van der Waals surface area contributed by atoms with Crippen molar-refractivity contribution in [1.29, 1.82) is 0 Å². The van der Waals surface area contributed by atoms with Crippen LogP contribution in [-0.2, 0) is 13.1 Å². The van der Waals surface area contributed by atoms with E-state index < -0.39 is 0 Å². The third kappa shape index (κ3) is 5.05. The molecule has 3 aromatic rings. The van der Waals surface area contributed by atoms with E-state index in [0.717, 1.165) is 36.6 Å². The molecule has 190 valence electrons. The molecule has 36 heavy (non-hydrogen) atoms. The lowest BCUT2D eigenvalue weighted by atomic mass is 9.96. The molecule has 2 N–H and O–H groups in total. The summed E-state index contributed by atoms with van der Waals surface area (Å²) in [6.07, 6.45) is 5.38. The van der Waals surface area contributed by atoms with E-state index >= 15 is 0 Å². The lowest BCUT2D eigenvalue weighted by molar-refractivity contribution is 0.173. The maximum absolute atomic E-state index is 13.4. The molecule has 1 aliphatic carbocycles. The number of amides is 2. The van der Waals surface area contributed by atoms with Gasteiger partial charge in [-0.2, -0.15) is 0 Å². The van der Waals surface area contributed by atoms with Crippen molar-refractivity contribution in [1.82, 2.24) is 15.2 Å². The number of pyridine rings is 1. The predicted molar refractivity (Wildman–Crippen MR) is 135 cm³/mol. The molecule has 5 rings (SSSR count). The third-order valence-corrected chi connectivity index (χ3v) is 6.82. The molecule has 9 heteroatoms. The monoisotopic (exact) mass is 493 g/mol. The minimum atomic E-state index is -0.254. The normalized spacial score (nSPS) is 15.1. The van der Waals surface area contributed by atoms with Gasteiger partial charge in [0.15, 0.2) is 23.0 Å². The first kappa shape index (κ1) is 23.8. The molecule has 0 radical (unpaired) electrons. The predicted octanol–water partition coefficient (Wildman–Crippen LogP) is 4.32. The topological polar surface area (TPSA) is 102 Å². The van der Waals surface area contributed by atoms with Gasteiger partial charge in [-0.1, -0.05) is 25.3 Å². The number of benzene rings is 2. The number of nitrogens with zero attached hydrogens (tertiary/aromatic N) is 1. The minimum absolute atomic E-state index is 0.145. The van der Waals surface area contributed by atoms with Crippen molar-refractivity contribution >= 4 is 16.9 Å². The quantitative estimate of drug-likeness (QED) is 0.508. The maximum atomic E-state index is 13.4. The molecule has 2 aromatic carbocycles. The number of carbonyl (C=O) groups excluding carboxylic acids is 1. The van der Waals surface area contributed by atoms with Crippen LogP contribution in [0.2, 0.25) is 0 Å². The van der Waals surface area contributed by atoms with E-state index in [0.29, 0.717) is 40.6 Å². The van der Waals surface area contributed by atoms with Crippen molar-refractivity contribution in [2.24, 2.45) is 0 Å². The maximum Gasteiger partial charge on any atom is 0.318 e. The fraction of sp³-hybridized carbons (Fsp3) is 0.407. The molecule has 1 aromatic heterocycles. The van der Waals surface area contributed by atoms with Crippen molar-refractivity contribution < 1.29 is 23.7 Å². The Morgan fingerprint density at radius 2 is 1.75 bits per heavy atom. The van der Waals surface area contributed by atoms with Crippen molar-refractivity contribution in [2.45, 2.75) is 51.2 Å². The second-order valence-corrected chi connectivity index (χ2v) is 9.25. The standard InChI is InChI=1S/C27H31N3O6/c1-33-23-12-18-11-19(26(31)29-21(18)13-24(23)34-2)15-30(27(32)28-20-6-4-3-5-7-20)14-17-8-9-22-25(10-17)36-16-35-22/h8-13,20H,3-7,14-16H2,1-2H3,(H,28,32)(H,29,31). The summed E-state index contributed by atoms with van der Waals surface area (Å²) in [5, 5.41) is 3.97. The van der Waals surface area contributed by atoms with Gasteiger partial charge < -0.3 is 34.1 Å². The Labute approximate surface area is 209 Å². The van der Waals surface area contributed by atoms with Crippen LogP contribution in [0.3, 0.4) is 0 Å². The van der Waals surface area contributed by atoms with Gasteiger partial charge in [-0.25, -0.2) is 4.79 Å². The highest BCUT2D eigenvalue weighted by atomic mass is 16.7. The number of ether oxygens (including phenoxy) is 4. The van der Waals surface area contributed by atoms with Gasteiger partial charge in [0.05, 0.1) is 26.3 Å². The summed E-state index contributed by atoms with van der Waals surface area (Å²) in [6, 6.07) is 11.0. The van der Waals surface area contributed by atoms with E-state index in [-0.39, 0.29) is 31.0 Å². The zero-order valence-corrected chi connectivity index (χ0v) is 20.6. The van der Waals surface area contributed by atoms with E-state index in [9.17, 15) is 9.59 Å². The molecule has 9 nitrogen and oxygen atoms in total. The molecule has 1 aliphatic heterocycles. The van der Waals surface area contributed by atoms with Crippen LogP contribution in [0.1, 0.15) is 43.2 Å². The fourth-order valence-electron chi connectivity index (χ4n) is 4.87. The summed E-state index contributed by atoms with van der Waals surface area (Å²) in [7, 11) is 3.12. The summed E-state index contributed by atoms with van der Waals surface area (Å²) in [5.74, 6) is 2.44. The van der Waals surface area contributed by atoms with Gasteiger partial charge in [0.1, 0.15) is 0 Å². The first-order valence-electron chi connectivity index (χ1n) is 12.3. The molecular formula is C27H31N3O6. The van der Waals surface area contributed by atoms with Crippen molar-refractivity contribution in [3.05, 3.63) is 57.9 Å². The number of H-pyrrole nitrogens is 1. The second-order valence-electron chi connectivity index (χ2n) is 9.25. The average Bonchev–Trinajstić information content (AvgIpc) is 3.36. The van der Waals surface area contributed by atoms with Gasteiger partial charge in [0.25, 0.3) is 5.56 Å². The highest BCUT2D eigenvalue weighted by Crippen LogP contribution is 2.33. The number of aromatic nitrogens is 1. The molecule has 0 spiro atoms. The van der Waals surface area contributed by atoms with Crippen LogP contribution >= 0.6 is 0 Å². The summed E-state index contributed by atoms with van der Waals surface area (Å²) < 4.78 is 21.7. The van der Waals surface area contributed by atoms with Gasteiger partial charge in [-0.3, -0.25) is 4.79 Å². The number of urea groups is 1. The van der Waals surface area contributed by atoms with E-state index in [1.807, 2.05) is 24.3 Å². The lowest BCUT2D eigenvalue weighted by Gasteiger charge is -2.28. The van der Waals surface area contributed by atoms with Crippen molar-refractivity contribution in [3.8, 4) is 23.0 Å².